The summed E-state index contributed by atoms with van der Waals surface area (Å²) >= 11 is 1.27. The van der Waals surface area contributed by atoms with Crippen LogP contribution in [0.3, 0.4) is 0 Å². The number of thiophene rings is 1. The van der Waals surface area contributed by atoms with Crippen molar-refractivity contribution in [2.24, 2.45) is 5.92 Å². The zero-order chi connectivity index (χ0) is 20.6. The molecule has 1 aliphatic rings. The first-order chi connectivity index (χ1) is 13.8. The summed E-state index contributed by atoms with van der Waals surface area (Å²) in [5.74, 6) is 0.332. The van der Waals surface area contributed by atoms with Crippen LogP contribution in [0.4, 0.5) is 0 Å². The van der Waals surface area contributed by atoms with Gasteiger partial charge in [-0.15, -0.1) is 11.3 Å². The number of hydrogen-bond acceptors (Lipinski definition) is 5. The number of rotatable bonds is 5. The van der Waals surface area contributed by atoms with E-state index in [9.17, 15) is 13.2 Å². The minimum absolute atomic E-state index is 0.0484. The highest BCUT2D eigenvalue weighted by Crippen LogP contribution is 2.29. The maximum Gasteiger partial charge on any atom is 0.252 e. The van der Waals surface area contributed by atoms with Crippen LogP contribution >= 0.6 is 11.3 Å². The van der Waals surface area contributed by atoms with Crippen molar-refractivity contribution in [2.45, 2.75) is 30.5 Å². The van der Waals surface area contributed by atoms with Gasteiger partial charge in [-0.1, -0.05) is 12.1 Å². The third kappa shape index (κ3) is 4.08. The van der Waals surface area contributed by atoms with Gasteiger partial charge in [-0.25, -0.2) is 13.4 Å². The molecule has 1 unspecified atom stereocenters. The summed E-state index contributed by atoms with van der Waals surface area (Å²) in [6, 6.07) is 11.2. The molecule has 1 atom stereocenters. The number of hydrogen-bond donors (Lipinski definition) is 1. The summed E-state index contributed by atoms with van der Waals surface area (Å²) < 4.78 is 27.7. The number of carbonyl (C=O) groups excluding carboxylic acids is 1. The van der Waals surface area contributed by atoms with Gasteiger partial charge in [-0.05, 0) is 44.0 Å². The third-order valence-corrected chi connectivity index (χ3v) is 8.58. The van der Waals surface area contributed by atoms with Gasteiger partial charge in [-0.2, -0.15) is 4.31 Å². The Morgan fingerprint density at radius 1 is 1.31 bits per heavy atom. The maximum absolute atomic E-state index is 13.0. The molecule has 1 aliphatic heterocycles. The molecule has 0 bridgehead atoms. The van der Waals surface area contributed by atoms with Crippen molar-refractivity contribution in [3.63, 3.8) is 0 Å². The Morgan fingerprint density at radius 3 is 2.83 bits per heavy atom. The lowest BCUT2D eigenvalue weighted by molar-refractivity contribution is -0.136. The van der Waals surface area contributed by atoms with E-state index in [1.165, 1.54) is 15.6 Å². The summed E-state index contributed by atoms with van der Waals surface area (Å²) in [4.78, 5) is 23.3. The Labute approximate surface area is 174 Å². The second kappa shape index (κ2) is 7.89. The molecular formula is C20H24N4O3S2. The number of carbonyl (C=O) groups is 1. The van der Waals surface area contributed by atoms with Crippen LogP contribution in [0.5, 0.6) is 0 Å². The minimum Gasteiger partial charge on any atom is -0.340 e. The standard InChI is InChI=1S/C20H24N4O3S2/c1-14-9-10-19(28-14)29(26,27)24-11-5-6-15(12-24)20(25)23(2)13-18-21-16-7-3-4-8-17(16)22-18/h3-4,7-10,15H,5-6,11-13H2,1-2H3,(H,21,22). The van der Waals surface area contributed by atoms with Crippen LogP contribution in [0, 0.1) is 12.8 Å². The Hall–Kier alpha value is -2.23. The summed E-state index contributed by atoms with van der Waals surface area (Å²) in [6.45, 7) is 2.93. The molecule has 7 nitrogen and oxygen atoms in total. The molecule has 29 heavy (non-hydrogen) atoms. The number of aromatic nitrogens is 2. The molecule has 2 aromatic heterocycles. The smallest absolute Gasteiger partial charge is 0.252 e. The number of H-pyrrole nitrogens is 1. The van der Waals surface area contributed by atoms with Gasteiger partial charge in [0, 0.05) is 25.0 Å². The van der Waals surface area contributed by atoms with E-state index in [4.69, 9.17) is 0 Å². The molecule has 1 amide bonds. The van der Waals surface area contributed by atoms with E-state index >= 15 is 0 Å². The Balaban J connectivity index is 1.45. The van der Waals surface area contributed by atoms with E-state index in [0.717, 1.165) is 21.7 Å². The molecule has 9 heteroatoms. The minimum atomic E-state index is -3.55. The lowest BCUT2D eigenvalue weighted by atomic mass is 9.98. The predicted molar refractivity (Wildman–Crippen MR) is 113 cm³/mol. The van der Waals surface area contributed by atoms with Crippen molar-refractivity contribution in [3.8, 4) is 0 Å². The number of piperidine rings is 1. The number of benzene rings is 1. The van der Waals surface area contributed by atoms with Crippen LogP contribution < -0.4 is 0 Å². The summed E-state index contributed by atoms with van der Waals surface area (Å²) in [5, 5.41) is 0. The number of para-hydroxylation sites is 2. The molecule has 1 N–H and O–H groups in total. The van der Waals surface area contributed by atoms with Crippen molar-refractivity contribution in [1.82, 2.24) is 19.2 Å². The summed E-state index contributed by atoms with van der Waals surface area (Å²) in [6.07, 6.45) is 1.37. The average Bonchev–Trinajstić information content (AvgIpc) is 3.33. The lowest BCUT2D eigenvalue weighted by Gasteiger charge is -2.32. The number of nitrogens with one attached hydrogen (secondary N) is 1. The van der Waals surface area contributed by atoms with Gasteiger partial charge in [0.15, 0.2) is 0 Å². The van der Waals surface area contributed by atoms with Gasteiger partial charge < -0.3 is 9.88 Å². The number of fused-ring (bicyclic) bond motifs is 1. The lowest BCUT2D eigenvalue weighted by Crippen LogP contribution is -2.45. The van der Waals surface area contributed by atoms with Crippen LogP contribution in [-0.2, 0) is 21.4 Å². The normalized spacial score (nSPS) is 18.2. The fourth-order valence-electron chi connectivity index (χ4n) is 3.74. The molecule has 0 radical (unpaired) electrons. The first-order valence-corrected chi connectivity index (χ1v) is 11.9. The highest BCUT2D eigenvalue weighted by atomic mass is 32.2. The molecular weight excluding hydrogens is 408 g/mol. The SMILES string of the molecule is Cc1ccc(S(=O)(=O)N2CCCC(C(=O)N(C)Cc3nc4ccccc4[nH]3)C2)s1. The number of nitrogens with zero attached hydrogens (tertiary/aromatic N) is 3. The summed E-state index contributed by atoms with van der Waals surface area (Å²) in [5.41, 5.74) is 1.80. The fraction of sp³-hybridized carbons (Fsp3) is 0.400. The maximum atomic E-state index is 13.0. The fourth-order valence-corrected chi connectivity index (χ4v) is 6.70. The van der Waals surface area contributed by atoms with Crippen molar-refractivity contribution in [1.29, 1.82) is 0 Å². The molecule has 3 heterocycles. The second-order valence-corrected chi connectivity index (χ2v) is 10.9. The van der Waals surface area contributed by atoms with Crippen LogP contribution in [-0.4, -0.2) is 53.6 Å². The van der Waals surface area contributed by atoms with Gasteiger partial charge in [0.05, 0.1) is 23.5 Å². The average molecular weight is 433 g/mol. The first kappa shape index (κ1) is 20.1. The Bertz CT molecular complexity index is 1100. The van der Waals surface area contributed by atoms with Gasteiger partial charge in [-0.3, -0.25) is 4.79 Å². The number of imidazole rings is 1. The molecule has 1 aromatic carbocycles. The van der Waals surface area contributed by atoms with E-state index in [-0.39, 0.29) is 18.4 Å². The zero-order valence-electron chi connectivity index (χ0n) is 16.5. The zero-order valence-corrected chi connectivity index (χ0v) is 18.1. The number of aryl methyl sites for hydroxylation is 1. The van der Waals surface area contributed by atoms with E-state index in [0.29, 0.717) is 30.1 Å². The van der Waals surface area contributed by atoms with Crippen molar-refractivity contribution in [3.05, 3.63) is 47.1 Å². The number of aromatic amines is 1. The van der Waals surface area contributed by atoms with Crippen LogP contribution in [0.1, 0.15) is 23.5 Å². The quantitative estimate of drug-likeness (QED) is 0.672. The van der Waals surface area contributed by atoms with Gasteiger partial charge in [0.25, 0.3) is 10.0 Å². The van der Waals surface area contributed by atoms with Gasteiger partial charge in [0.1, 0.15) is 10.0 Å². The topological polar surface area (TPSA) is 86.4 Å². The largest absolute Gasteiger partial charge is 0.340 e. The monoisotopic (exact) mass is 432 g/mol. The van der Waals surface area contributed by atoms with Crippen LogP contribution in [0.15, 0.2) is 40.6 Å². The van der Waals surface area contributed by atoms with Crippen molar-refractivity contribution in [2.75, 3.05) is 20.1 Å². The van der Waals surface area contributed by atoms with E-state index in [1.54, 1.807) is 18.0 Å². The van der Waals surface area contributed by atoms with Gasteiger partial charge in [0.2, 0.25) is 5.91 Å². The molecule has 4 rings (SSSR count). The molecule has 1 saturated heterocycles. The first-order valence-electron chi connectivity index (χ1n) is 9.60. The van der Waals surface area contributed by atoms with Crippen molar-refractivity contribution < 1.29 is 13.2 Å². The highest BCUT2D eigenvalue weighted by molar-refractivity contribution is 7.91. The predicted octanol–water partition coefficient (Wildman–Crippen LogP) is 2.99. The highest BCUT2D eigenvalue weighted by Gasteiger charge is 2.35. The molecule has 0 spiro atoms. The van der Waals surface area contributed by atoms with Crippen molar-refractivity contribution >= 4 is 38.3 Å². The molecule has 3 aromatic rings. The second-order valence-electron chi connectivity index (χ2n) is 7.46. The Kier molecular flexibility index (Phi) is 5.46. The Morgan fingerprint density at radius 2 is 2.10 bits per heavy atom. The number of sulfonamides is 1. The third-order valence-electron chi connectivity index (χ3n) is 5.24. The number of amides is 1. The molecule has 0 aliphatic carbocycles. The van der Waals surface area contributed by atoms with E-state index < -0.39 is 10.0 Å². The molecule has 154 valence electrons. The van der Waals surface area contributed by atoms with Gasteiger partial charge >= 0.3 is 0 Å². The van der Waals surface area contributed by atoms with E-state index in [2.05, 4.69) is 9.97 Å². The summed E-state index contributed by atoms with van der Waals surface area (Å²) in [7, 11) is -1.81. The molecule has 1 fully saturated rings. The molecule has 0 saturated carbocycles. The van der Waals surface area contributed by atoms with E-state index in [1.807, 2.05) is 37.3 Å². The van der Waals surface area contributed by atoms with Crippen LogP contribution in [0.25, 0.3) is 11.0 Å². The van der Waals surface area contributed by atoms with Crippen LogP contribution in [0.2, 0.25) is 0 Å².